The lowest BCUT2D eigenvalue weighted by Gasteiger charge is -2.29. The topological polar surface area (TPSA) is 72.0 Å². The van der Waals surface area contributed by atoms with Gasteiger partial charge in [0.05, 0.1) is 11.6 Å². The van der Waals surface area contributed by atoms with Gasteiger partial charge in [-0.05, 0) is 37.0 Å². The fourth-order valence-electron chi connectivity index (χ4n) is 2.48. The number of nitrogens with two attached hydrogens (primary N) is 1. The average Bonchev–Trinajstić information content (AvgIpc) is 2.73. The van der Waals surface area contributed by atoms with Crippen molar-refractivity contribution >= 4 is 11.8 Å². The molecular weight excluding hydrogens is 234 g/mol. The Hall–Kier alpha value is -0.650. The number of hydrogen-bond acceptors (Lipinski definition) is 5. The third kappa shape index (κ3) is 3.18. The average molecular weight is 253 g/mol. The van der Waals surface area contributed by atoms with E-state index in [-0.39, 0.29) is 12.1 Å². The van der Waals surface area contributed by atoms with E-state index < -0.39 is 0 Å². The first-order valence-electron chi connectivity index (χ1n) is 6.03. The van der Waals surface area contributed by atoms with Crippen LogP contribution in [-0.2, 0) is 0 Å². The lowest BCUT2D eigenvalue weighted by atomic mass is 9.87. The molecule has 0 radical (unpaired) electrons. The van der Waals surface area contributed by atoms with Gasteiger partial charge in [0, 0.05) is 11.7 Å². The van der Waals surface area contributed by atoms with Gasteiger partial charge in [0.25, 0.3) is 0 Å². The summed E-state index contributed by atoms with van der Waals surface area (Å²) in [7, 11) is 0. The lowest BCUT2D eigenvalue weighted by molar-refractivity contribution is 0.158. The van der Waals surface area contributed by atoms with Gasteiger partial charge < -0.3 is 10.8 Å². The van der Waals surface area contributed by atoms with Crippen LogP contribution in [0.25, 0.3) is 0 Å². The second-order valence-corrected chi connectivity index (χ2v) is 5.78. The summed E-state index contributed by atoms with van der Waals surface area (Å²) in [6, 6.07) is 1.92. The zero-order valence-electron chi connectivity index (χ0n) is 9.88. The molecule has 2 rings (SSSR count). The highest BCUT2D eigenvalue weighted by Crippen LogP contribution is 2.36. The van der Waals surface area contributed by atoms with Crippen molar-refractivity contribution in [3.63, 3.8) is 0 Å². The highest BCUT2D eigenvalue weighted by atomic mass is 32.2. The fourth-order valence-corrected chi connectivity index (χ4v) is 3.37. The second-order valence-electron chi connectivity index (χ2n) is 4.67. The van der Waals surface area contributed by atoms with Gasteiger partial charge in [0.15, 0.2) is 0 Å². The van der Waals surface area contributed by atoms with E-state index in [0.717, 1.165) is 36.5 Å². The molecule has 0 aromatic carbocycles. The molecule has 0 aliphatic heterocycles. The molecule has 1 saturated carbocycles. The van der Waals surface area contributed by atoms with Gasteiger partial charge in [-0.25, -0.2) is 9.97 Å². The molecule has 4 nitrogen and oxygen atoms in total. The molecule has 5 heteroatoms. The van der Waals surface area contributed by atoms with Crippen LogP contribution < -0.4 is 5.73 Å². The minimum absolute atomic E-state index is 0.107. The summed E-state index contributed by atoms with van der Waals surface area (Å²) in [4.78, 5) is 8.06. The molecule has 1 aromatic heterocycles. The summed E-state index contributed by atoms with van der Waals surface area (Å²) < 4.78 is 0. The Morgan fingerprint density at radius 3 is 3.18 bits per heavy atom. The SMILES string of the molecule is NC1(CO)CCCC1CCSc1ccncn1. The predicted octanol–water partition coefficient (Wildman–Crippen LogP) is 1.45. The molecule has 0 spiro atoms. The van der Waals surface area contributed by atoms with Gasteiger partial charge in [-0.3, -0.25) is 0 Å². The molecule has 1 heterocycles. The van der Waals surface area contributed by atoms with Gasteiger partial charge in [0.1, 0.15) is 6.33 Å². The number of aliphatic hydroxyl groups excluding tert-OH is 1. The Morgan fingerprint density at radius 2 is 2.47 bits per heavy atom. The Bertz CT molecular complexity index is 349. The first-order valence-corrected chi connectivity index (χ1v) is 7.02. The van der Waals surface area contributed by atoms with Crippen LogP contribution in [0.4, 0.5) is 0 Å². The van der Waals surface area contributed by atoms with E-state index >= 15 is 0 Å². The highest BCUT2D eigenvalue weighted by Gasteiger charge is 2.38. The van der Waals surface area contributed by atoms with E-state index in [1.54, 1.807) is 24.3 Å². The lowest BCUT2D eigenvalue weighted by Crippen LogP contribution is -2.47. The number of aromatic nitrogens is 2. The van der Waals surface area contributed by atoms with Gasteiger partial charge in [-0.2, -0.15) is 0 Å². The summed E-state index contributed by atoms with van der Waals surface area (Å²) >= 11 is 1.73. The molecule has 0 bridgehead atoms. The van der Waals surface area contributed by atoms with Crippen LogP contribution in [0.5, 0.6) is 0 Å². The van der Waals surface area contributed by atoms with Gasteiger partial charge in [-0.15, -0.1) is 11.8 Å². The maximum Gasteiger partial charge on any atom is 0.116 e. The molecule has 94 valence electrons. The minimum Gasteiger partial charge on any atom is -0.394 e. The van der Waals surface area contributed by atoms with Gasteiger partial charge >= 0.3 is 0 Å². The predicted molar refractivity (Wildman–Crippen MR) is 68.7 cm³/mol. The maximum atomic E-state index is 9.36. The number of hydrogen-bond donors (Lipinski definition) is 2. The normalized spacial score (nSPS) is 28.5. The van der Waals surface area contributed by atoms with Crippen molar-refractivity contribution in [2.24, 2.45) is 11.7 Å². The van der Waals surface area contributed by atoms with E-state index in [0.29, 0.717) is 5.92 Å². The Morgan fingerprint density at radius 1 is 1.59 bits per heavy atom. The van der Waals surface area contributed by atoms with Crippen LogP contribution >= 0.6 is 11.8 Å². The molecule has 17 heavy (non-hydrogen) atoms. The number of rotatable bonds is 5. The quantitative estimate of drug-likeness (QED) is 0.614. The smallest absolute Gasteiger partial charge is 0.116 e. The fraction of sp³-hybridized carbons (Fsp3) is 0.667. The third-order valence-corrected chi connectivity index (χ3v) is 4.55. The molecule has 1 aromatic rings. The van der Waals surface area contributed by atoms with E-state index in [9.17, 15) is 5.11 Å². The van der Waals surface area contributed by atoms with Crippen LogP contribution in [0.15, 0.2) is 23.6 Å². The van der Waals surface area contributed by atoms with Gasteiger partial charge in [-0.1, -0.05) is 6.42 Å². The van der Waals surface area contributed by atoms with Crippen molar-refractivity contribution in [2.45, 2.75) is 36.2 Å². The monoisotopic (exact) mass is 253 g/mol. The van der Waals surface area contributed by atoms with E-state index in [1.807, 2.05) is 6.07 Å². The largest absolute Gasteiger partial charge is 0.394 e. The molecule has 3 N–H and O–H groups in total. The third-order valence-electron chi connectivity index (χ3n) is 3.57. The van der Waals surface area contributed by atoms with Gasteiger partial charge in [0.2, 0.25) is 0 Å². The molecule has 0 amide bonds. The van der Waals surface area contributed by atoms with Crippen LogP contribution in [0.1, 0.15) is 25.7 Å². The summed E-state index contributed by atoms with van der Waals surface area (Å²) in [5.41, 5.74) is 5.86. The van der Waals surface area contributed by atoms with Crippen molar-refractivity contribution in [3.8, 4) is 0 Å². The maximum absolute atomic E-state index is 9.36. The van der Waals surface area contributed by atoms with Crippen LogP contribution in [-0.4, -0.2) is 33.0 Å². The van der Waals surface area contributed by atoms with E-state index in [1.165, 1.54) is 0 Å². The summed E-state index contributed by atoms with van der Waals surface area (Å²) in [6.07, 6.45) is 7.60. The molecule has 2 atom stereocenters. The molecule has 1 aliphatic carbocycles. The molecule has 1 aliphatic rings. The number of thioether (sulfide) groups is 1. The second kappa shape index (κ2) is 5.80. The Labute approximate surface area is 106 Å². The van der Waals surface area contributed by atoms with Crippen molar-refractivity contribution in [1.29, 1.82) is 0 Å². The minimum atomic E-state index is -0.341. The van der Waals surface area contributed by atoms with E-state index in [2.05, 4.69) is 9.97 Å². The first-order chi connectivity index (χ1) is 8.24. The zero-order valence-corrected chi connectivity index (χ0v) is 10.7. The van der Waals surface area contributed by atoms with Crippen LogP contribution in [0.2, 0.25) is 0 Å². The summed E-state index contributed by atoms with van der Waals surface area (Å²) in [5.74, 6) is 1.45. The van der Waals surface area contributed by atoms with Crippen molar-refractivity contribution < 1.29 is 5.11 Å². The van der Waals surface area contributed by atoms with Crippen molar-refractivity contribution in [1.82, 2.24) is 9.97 Å². The summed E-state index contributed by atoms with van der Waals surface area (Å²) in [5, 5.41) is 10.4. The number of aliphatic hydroxyl groups is 1. The molecule has 0 saturated heterocycles. The van der Waals surface area contributed by atoms with Crippen molar-refractivity contribution in [2.75, 3.05) is 12.4 Å². The molecular formula is C12H19N3OS. The molecule has 2 unspecified atom stereocenters. The highest BCUT2D eigenvalue weighted by molar-refractivity contribution is 7.99. The zero-order chi connectivity index (χ0) is 12.1. The standard InChI is InChI=1S/C12H19N3OS/c13-12(8-16)5-1-2-10(12)4-7-17-11-3-6-14-9-15-11/h3,6,9-10,16H,1-2,4-5,7-8,13H2. The Balaban J connectivity index is 1.79. The van der Waals surface area contributed by atoms with Crippen LogP contribution in [0, 0.1) is 5.92 Å². The number of nitrogens with zero attached hydrogens (tertiary/aromatic N) is 2. The van der Waals surface area contributed by atoms with Crippen LogP contribution in [0.3, 0.4) is 0 Å². The summed E-state index contributed by atoms with van der Waals surface area (Å²) in [6.45, 7) is 0.107. The first kappa shape index (κ1) is 12.8. The van der Waals surface area contributed by atoms with E-state index in [4.69, 9.17) is 5.73 Å². The Kier molecular flexibility index (Phi) is 4.36. The van der Waals surface area contributed by atoms with Crippen molar-refractivity contribution in [3.05, 3.63) is 18.6 Å². The molecule has 1 fully saturated rings.